The molecule has 2 aromatic rings. The molecule has 0 bridgehead atoms. The first-order valence-corrected chi connectivity index (χ1v) is 5.50. The predicted molar refractivity (Wildman–Crippen MR) is 64.1 cm³/mol. The van der Waals surface area contributed by atoms with Crippen LogP contribution < -0.4 is 0 Å². The fraction of sp³-hybridized carbons (Fsp3) is 0.167. The van der Waals surface area contributed by atoms with Crippen LogP contribution in [0.5, 0.6) is 0 Å². The standard InChI is InChI=1S/C12H11ClN2O2/c13-10-7-14-15(11(10)6-12(16)17)8-9-4-2-1-3-5-9/h1-5,7H,6,8H2,(H,16,17). The number of nitrogens with zero attached hydrogens (tertiary/aromatic N) is 2. The maximum absolute atomic E-state index is 10.7. The molecular formula is C12H11ClN2O2. The summed E-state index contributed by atoms with van der Waals surface area (Å²) in [7, 11) is 0. The third-order valence-electron chi connectivity index (χ3n) is 2.39. The number of carboxylic acid groups (broad SMARTS) is 1. The van der Waals surface area contributed by atoms with Gasteiger partial charge in [-0.2, -0.15) is 5.10 Å². The summed E-state index contributed by atoms with van der Waals surface area (Å²) in [6, 6.07) is 9.70. The monoisotopic (exact) mass is 250 g/mol. The van der Waals surface area contributed by atoms with E-state index in [1.807, 2.05) is 30.3 Å². The number of carbonyl (C=O) groups is 1. The van der Waals surface area contributed by atoms with E-state index >= 15 is 0 Å². The molecule has 0 aliphatic rings. The minimum atomic E-state index is -0.915. The average molecular weight is 251 g/mol. The zero-order valence-electron chi connectivity index (χ0n) is 9.01. The minimum Gasteiger partial charge on any atom is -0.481 e. The Labute approximate surface area is 103 Å². The van der Waals surface area contributed by atoms with Gasteiger partial charge in [-0.3, -0.25) is 9.48 Å². The second-order valence-corrected chi connectivity index (χ2v) is 4.06. The number of hydrogen-bond donors (Lipinski definition) is 1. The van der Waals surface area contributed by atoms with Crippen molar-refractivity contribution in [3.05, 3.63) is 52.8 Å². The lowest BCUT2D eigenvalue weighted by Gasteiger charge is -2.06. The highest BCUT2D eigenvalue weighted by Gasteiger charge is 2.12. The van der Waals surface area contributed by atoms with Gasteiger partial charge in [-0.1, -0.05) is 41.9 Å². The Hall–Kier alpha value is -1.81. The van der Waals surface area contributed by atoms with E-state index in [1.54, 1.807) is 4.68 Å². The van der Waals surface area contributed by atoms with Gasteiger partial charge in [-0.15, -0.1) is 0 Å². The number of hydrogen-bond acceptors (Lipinski definition) is 2. The molecule has 0 radical (unpaired) electrons. The van der Waals surface area contributed by atoms with E-state index in [9.17, 15) is 4.79 Å². The topological polar surface area (TPSA) is 55.1 Å². The number of carboxylic acids is 1. The van der Waals surface area contributed by atoms with Crippen molar-refractivity contribution < 1.29 is 9.90 Å². The van der Waals surface area contributed by atoms with Crippen LogP contribution in [-0.4, -0.2) is 20.9 Å². The van der Waals surface area contributed by atoms with E-state index in [0.29, 0.717) is 17.3 Å². The third kappa shape index (κ3) is 2.85. The predicted octanol–water partition coefficient (Wildman–Crippen LogP) is 2.21. The van der Waals surface area contributed by atoms with Crippen LogP contribution >= 0.6 is 11.6 Å². The van der Waals surface area contributed by atoms with Crippen molar-refractivity contribution in [2.24, 2.45) is 0 Å². The van der Waals surface area contributed by atoms with E-state index in [-0.39, 0.29) is 6.42 Å². The van der Waals surface area contributed by atoms with Gasteiger partial charge in [0.05, 0.1) is 29.9 Å². The van der Waals surface area contributed by atoms with Gasteiger partial charge < -0.3 is 5.11 Å². The summed E-state index contributed by atoms with van der Waals surface area (Å²) < 4.78 is 1.62. The fourth-order valence-electron chi connectivity index (χ4n) is 1.60. The summed E-state index contributed by atoms with van der Waals surface area (Å²) in [5.41, 5.74) is 1.59. The quantitative estimate of drug-likeness (QED) is 0.905. The van der Waals surface area contributed by atoms with Gasteiger partial charge in [-0.05, 0) is 5.56 Å². The molecule has 0 aliphatic heterocycles. The summed E-state index contributed by atoms with van der Waals surface area (Å²) in [6.07, 6.45) is 1.36. The van der Waals surface area contributed by atoms with E-state index in [0.717, 1.165) is 5.56 Å². The molecule has 0 unspecified atom stereocenters. The number of aromatic nitrogens is 2. The Morgan fingerprint density at radius 2 is 2.06 bits per heavy atom. The minimum absolute atomic E-state index is 0.119. The molecule has 0 saturated carbocycles. The molecule has 1 aromatic heterocycles. The van der Waals surface area contributed by atoms with Crippen molar-refractivity contribution >= 4 is 17.6 Å². The summed E-state index contributed by atoms with van der Waals surface area (Å²) in [4.78, 5) is 10.7. The lowest BCUT2D eigenvalue weighted by atomic mass is 10.2. The Morgan fingerprint density at radius 3 is 2.71 bits per heavy atom. The molecule has 0 fully saturated rings. The zero-order valence-corrected chi connectivity index (χ0v) is 9.76. The first kappa shape index (κ1) is 11.7. The summed E-state index contributed by atoms with van der Waals surface area (Å²) in [5.74, 6) is -0.915. The lowest BCUT2D eigenvalue weighted by molar-refractivity contribution is -0.136. The van der Waals surface area contributed by atoms with Crippen LogP contribution in [0.4, 0.5) is 0 Å². The van der Waals surface area contributed by atoms with E-state index in [2.05, 4.69) is 5.10 Å². The molecular weight excluding hydrogens is 240 g/mol. The third-order valence-corrected chi connectivity index (χ3v) is 2.71. The molecule has 88 valence electrons. The van der Waals surface area contributed by atoms with E-state index in [1.165, 1.54) is 6.20 Å². The average Bonchev–Trinajstić information content (AvgIpc) is 2.62. The van der Waals surface area contributed by atoms with Crippen molar-refractivity contribution in [2.45, 2.75) is 13.0 Å². The second kappa shape index (κ2) is 5.01. The van der Waals surface area contributed by atoms with Gasteiger partial charge in [0.1, 0.15) is 0 Å². The first-order valence-electron chi connectivity index (χ1n) is 5.12. The number of aliphatic carboxylic acids is 1. The normalized spacial score (nSPS) is 10.4. The number of rotatable bonds is 4. The van der Waals surface area contributed by atoms with Crippen LogP contribution in [0.1, 0.15) is 11.3 Å². The van der Waals surface area contributed by atoms with E-state index < -0.39 is 5.97 Å². The molecule has 0 saturated heterocycles. The summed E-state index contributed by atoms with van der Waals surface area (Å²) in [6.45, 7) is 0.524. The fourth-order valence-corrected chi connectivity index (χ4v) is 1.81. The van der Waals surface area contributed by atoms with Gasteiger partial charge >= 0.3 is 5.97 Å². The Kier molecular flexibility index (Phi) is 3.44. The summed E-state index contributed by atoms with van der Waals surface area (Å²) >= 11 is 5.91. The molecule has 4 nitrogen and oxygen atoms in total. The van der Waals surface area contributed by atoms with Gasteiger partial charge in [-0.25, -0.2) is 0 Å². The van der Waals surface area contributed by atoms with Crippen LogP contribution in [0, 0.1) is 0 Å². The molecule has 2 rings (SSSR count). The SMILES string of the molecule is O=C(O)Cc1c(Cl)cnn1Cc1ccccc1. The van der Waals surface area contributed by atoms with Gasteiger partial charge in [0.2, 0.25) is 0 Å². The van der Waals surface area contributed by atoms with Gasteiger partial charge in [0, 0.05) is 0 Å². The zero-order chi connectivity index (χ0) is 12.3. The number of halogens is 1. The molecule has 0 atom stereocenters. The van der Waals surface area contributed by atoms with Crippen LogP contribution in [-0.2, 0) is 17.8 Å². The summed E-state index contributed by atoms with van der Waals surface area (Å²) in [5, 5.41) is 13.3. The van der Waals surface area contributed by atoms with E-state index in [4.69, 9.17) is 16.7 Å². The van der Waals surface area contributed by atoms with Crippen molar-refractivity contribution in [3.8, 4) is 0 Å². The molecule has 1 N–H and O–H groups in total. The van der Waals surface area contributed by atoms with Crippen molar-refractivity contribution in [3.63, 3.8) is 0 Å². The van der Waals surface area contributed by atoms with Gasteiger partial charge in [0.25, 0.3) is 0 Å². The number of benzene rings is 1. The van der Waals surface area contributed by atoms with Crippen molar-refractivity contribution in [2.75, 3.05) is 0 Å². The Morgan fingerprint density at radius 1 is 1.35 bits per heavy atom. The largest absolute Gasteiger partial charge is 0.481 e. The highest BCUT2D eigenvalue weighted by molar-refractivity contribution is 6.31. The highest BCUT2D eigenvalue weighted by atomic mass is 35.5. The molecule has 1 heterocycles. The van der Waals surface area contributed by atoms with Crippen LogP contribution in [0.25, 0.3) is 0 Å². The van der Waals surface area contributed by atoms with Crippen LogP contribution in [0.2, 0.25) is 5.02 Å². The maximum Gasteiger partial charge on any atom is 0.309 e. The van der Waals surface area contributed by atoms with Crippen molar-refractivity contribution in [1.29, 1.82) is 0 Å². The molecule has 5 heteroatoms. The Bertz CT molecular complexity index is 523. The van der Waals surface area contributed by atoms with Crippen LogP contribution in [0.3, 0.4) is 0 Å². The van der Waals surface area contributed by atoms with Gasteiger partial charge in [0.15, 0.2) is 0 Å². The van der Waals surface area contributed by atoms with Crippen LogP contribution in [0.15, 0.2) is 36.5 Å². The first-order chi connectivity index (χ1) is 8.16. The molecule has 1 aromatic carbocycles. The maximum atomic E-state index is 10.7. The smallest absolute Gasteiger partial charge is 0.309 e. The second-order valence-electron chi connectivity index (χ2n) is 3.65. The molecule has 0 spiro atoms. The Balaban J connectivity index is 2.24. The van der Waals surface area contributed by atoms with Crippen molar-refractivity contribution in [1.82, 2.24) is 9.78 Å². The highest BCUT2D eigenvalue weighted by Crippen LogP contribution is 2.17. The molecule has 0 aliphatic carbocycles. The lowest BCUT2D eigenvalue weighted by Crippen LogP contribution is -2.10. The molecule has 0 amide bonds. The molecule has 17 heavy (non-hydrogen) atoms.